The van der Waals surface area contributed by atoms with Crippen LogP contribution in [0.3, 0.4) is 0 Å². The number of allylic oxidation sites excluding steroid dienone is 1. The lowest BCUT2D eigenvalue weighted by Crippen LogP contribution is -2.10. The van der Waals surface area contributed by atoms with Gasteiger partial charge in [-0.1, -0.05) is 6.92 Å². The van der Waals surface area contributed by atoms with Crippen molar-refractivity contribution in [3.8, 4) is 0 Å². The van der Waals surface area contributed by atoms with Gasteiger partial charge in [-0.05, 0) is 26.3 Å². The lowest BCUT2D eigenvalue weighted by atomic mass is 10.5. The Balaban J connectivity index is 3.45. The third kappa shape index (κ3) is 6.90. The first-order valence-electron chi connectivity index (χ1n) is 3.69. The Morgan fingerprint density at radius 1 is 1.55 bits per heavy atom. The molecular formula is C8H14O3. The number of hydrogen-bond donors (Lipinski definition) is 0. The number of carbonyl (C=O) groups excluding carboxylic acids is 1. The van der Waals surface area contributed by atoms with Crippen molar-refractivity contribution in [1.29, 1.82) is 0 Å². The fraction of sp³-hybridized carbons (Fsp3) is 0.625. The van der Waals surface area contributed by atoms with Crippen molar-refractivity contribution in [2.75, 3.05) is 0 Å². The molecule has 0 saturated carbocycles. The fourth-order valence-electron chi connectivity index (χ4n) is 0.420. The second-order valence-corrected chi connectivity index (χ2v) is 2.31. The van der Waals surface area contributed by atoms with Gasteiger partial charge in [0, 0.05) is 0 Å². The van der Waals surface area contributed by atoms with Gasteiger partial charge < -0.3 is 9.47 Å². The topological polar surface area (TPSA) is 35.5 Å². The lowest BCUT2D eigenvalue weighted by molar-refractivity contribution is 0.0600. The van der Waals surface area contributed by atoms with Crippen LogP contribution in [0, 0.1) is 0 Å². The maximum absolute atomic E-state index is 10.6. The molecule has 0 amide bonds. The van der Waals surface area contributed by atoms with Crippen molar-refractivity contribution in [3.63, 3.8) is 0 Å². The Bertz CT molecular complexity index is 138. The van der Waals surface area contributed by atoms with Crippen molar-refractivity contribution in [2.24, 2.45) is 0 Å². The van der Waals surface area contributed by atoms with E-state index < -0.39 is 6.16 Å². The maximum Gasteiger partial charge on any atom is 0.513 e. The van der Waals surface area contributed by atoms with Crippen LogP contribution in [-0.4, -0.2) is 12.3 Å². The minimum Gasteiger partial charge on any atom is -0.431 e. The molecule has 11 heavy (non-hydrogen) atoms. The predicted octanol–water partition coefficient (Wildman–Crippen LogP) is 2.47. The van der Waals surface area contributed by atoms with Crippen LogP contribution in [0.4, 0.5) is 4.79 Å². The molecular weight excluding hydrogens is 144 g/mol. The van der Waals surface area contributed by atoms with Gasteiger partial charge in [0.05, 0.1) is 12.4 Å². The van der Waals surface area contributed by atoms with E-state index in [0.717, 1.165) is 6.42 Å². The third-order valence-electron chi connectivity index (χ3n) is 0.828. The van der Waals surface area contributed by atoms with Crippen LogP contribution >= 0.6 is 0 Å². The zero-order chi connectivity index (χ0) is 8.69. The lowest BCUT2D eigenvalue weighted by Gasteiger charge is -2.04. The molecule has 0 spiro atoms. The van der Waals surface area contributed by atoms with E-state index in [1.54, 1.807) is 19.9 Å². The van der Waals surface area contributed by atoms with Crippen molar-refractivity contribution in [1.82, 2.24) is 0 Å². The van der Waals surface area contributed by atoms with E-state index in [4.69, 9.17) is 0 Å². The smallest absolute Gasteiger partial charge is 0.431 e. The SMILES string of the molecule is CC/C=C\OC(=O)OC(C)C. The largest absolute Gasteiger partial charge is 0.513 e. The van der Waals surface area contributed by atoms with E-state index >= 15 is 0 Å². The van der Waals surface area contributed by atoms with E-state index in [9.17, 15) is 4.79 Å². The quantitative estimate of drug-likeness (QED) is 0.467. The Hall–Kier alpha value is -0.990. The first kappa shape index (κ1) is 10.0. The van der Waals surface area contributed by atoms with Crippen molar-refractivity contribution < 1.29 is 14.3 Å². The molecule has 0 aliphatic rings. The summed E-state index contributed by atoms with van der Waals surface area (Å²) in [4.78, 5) is 10.6. The molecule has 0 aliphatic heterocycles. The van der Waals surface area contributed by atoms with E-state index in [2.05, 4.69) is 9.47 Å². The summed E-state index contributed by atoms with van der Waals surface area (Å²) in [5, 5.41) is 0. The van der Waals surface area contributed by atoms with Crippen LogP contribution in [0.5, 0.6) is 0 Å². The molecule has 0 saturated heterocycles. The zero-order valence-corrected chi connectivity index (χ0v) is 7.16. The second kappa shape index (κ2) is 5.77. The first-order valence-corrected chi connectivity index (χ1v) is 3.69. The molecule has 0 radical (unpaired) electrons. The number of ether oxygens (including phenoxy) is 2. The molecule has 0 aromatic carbocycles. The molecule has 0 rings (SSSR count). The Morgan fingerprint density at radius 3 is 2.64 bits per heavy atom. The van der Waals surface area contributed by atoms with Gasteiger partial charge in [0.25, 0.3) is 0 Å². The summed E-state index contributed by atoms with van der Waals surface area (Å²) >= 11 is 0. The first-order chi connectivity index (χ1) is 5.16. The monoisotopic (exact) mass is 158 g/mol. The highest BCUT2D eigenvalue weighted by Crippen LogP contribution is 1.93. The van der Waals surface area contributed by atoms with Gasteiger partial charge in [-0.25, -0.2) is 4.79 Å². The Labute approximate surface area is 67.0 Å². The summed E-state index contributed by atoms with van der Waals surface area (Å²) in [6.07, 6.45) is 3.14. The average molecular weight is 158 g/mol. The van der Waals surface area contributed by atoms with Gasteiger partial charge in [-0.2, -0.15) is 0 Å². The van der Waals surface area contributed by atoms with Gasteiger partial charge in [0.1, 0.15) is 0 Å². The van der Waals surface area contributed by atoms with Crippen LogP contribution in [0.2, 0.25) is 0 Å². The summed E-state index contributed by atoms with van der Waals surface area (Å²) in [5.41, 5.74) is 0. The van der Waals surface area contributed by atoms with E-state index in [-0.39, 0.29) is 6.10 Å². The highest BCUT2D eigenvalue weighted by atomic mass is 16.7. The highest BCUT2D eigenvalue weighted by Gasteiger charge is 2.02. The van der Waals surface area contributed by atoms with Crippen LogP contribution in [0.1, 0.15) is 27.2 Å². The molecule has 0 aromatic heterocycles. The molecule has 0 aromatic rings. The summed E-state index contributed by atoms with van der Waals surface area (Å²) in [6, 6.07) is 0. The van der Waals surface area contributed by atoms with Gasteiger partial charge in [-0.3, -0.25) is 0 Å². The van der Waals surface area contributed by atoms with Gasteiger partial charge in [0.15, 0.2) is 0 Å². The maximum atomic E-state index is 10.6. The van der Waals surface area contributed by atoms with Crippen LogP contribution in [-0.2, 0) is 9.47 Å². The Kier molecular flexibility index (Phi) is 5.25. The zero-order valence-electron chi connectivity index (χ0n) is 7.16. The minimum atomic E-state index is -0.648. The predicted molar refractivity (Wildman–Crippen MR) is 42.1 cm³/mol. The molecule has 0 unspecified atom stereocenters. The number of hydrogen-bond acceptors (Lipinski definition) is 3. The molecule has 3 heteroatoms. The molecule has 0 atom stereocenters. The second-order valence-electron chi connectivity index (χ2n) is 2.31. The molecule has 64 valence electrons. The van der Waals surface area contributed by atoms with E-state index in [1.165, 1.54) is 6.26 Å². The minimum absolute atomic E-state index is 0.127. The van der Waals surface area contributed by atoms with Crippen molar-refractivity contribution >= 4 is 6.16 Å². The van der Waals surface area contributed by atoms with Crippen molar-refractivity contribution in [2.45, 2.75) is 33.3 Å². The van der Waals surface area contributed by atoms with Crippen LogP contribution < -0.4 is 0 Å². The molecule has 0 N–H and O–H groups in total. The van der Waals surface area contributed by atoms with E-state index in [1.807, 2.05) is 6.92 Å². The summed E-state index contributed by atoms with van der Waals surface area (Å²) in [6.45, 7) is 5.49. The Morgan fingerprint density at radius 2 is 2.18 bits per heavy atom. The molecule has 0 aliphatic carbocycles. The number of rotatable bonds is 3. The number of carbonyl (C=O) groups is 1. The standard InChI is InChI=1S/C8H14O3/c1-4-5-6-10-8(9)11-7(2)3/h5-7H,4H2,1-3H3/b6-5-. The van der Waals surface area contributed by atoms with Gasteiger partial charge in [0.2, 0.25) is 0 Å². The van der Waals surface area contributed by atoms with Crippen molar-refractivity contribution in [3.05, 3.63) is 12.3 Å². The highest BCUT2D eigenvalue weighted by molar-refractivity contribution is 5.60. The molecule has 0 bridgehead atoms. The van der Waals surface area contributed by atoms with Gasteiger partial charge in [-0.15, -0.1) is 0 Å². The third-order valence-corrected chi connectivity index (χ3v) is 0.828. The fourth-order valence-corrected chi connectivity index (χ4v) is 0.420. The molecule has 3 nitrogen and oxygen atoms in total. The van der Waals surface area contributed by atoms with Gasteiger partial charge >= 0.3 is 6.16 Å². The van der Waals surface area contributed by atoms with E-state index in [0.29, 0.717) is 0 Å². The summed E-state index contributed by atoms with van der Waals surface area (Å²) < 4.78 is 9.24. The molecule has 0 heterocycles. The normalized spacial score (nSPS) is 10.5. The summed E-state index contributed by atoms with van der Waals surface area (Å²) in [5.74, 6) is 0. The summed E-state index contributed by atoms with van der Waals surface area (Å²) in [7, 11) is 0. The average Bonchev–Trinajstić information content (AvgIpc) is 1.86. The van der Waals surface area contributed by atoms with Crippen LogP contribution in [0.25, 0.3) is 0 Å². The molecule has 0 fully saturated rings. The van der Waals surface area contributed by atoms with Crippen LogP contribution in [0.15, 0.2) is 12.3 Å².